The molecule has 1 aromatic carbocycles. The summed E-state index contributed by atoms with van der Waals surface area (Å²) in [6.45, 7) is 3.17. The average molecular weight is 297 g/mol. The summed E-state index contributed by atoms with van der Waals surface area (Å²) in [6.07, 6.45) is 2.36. The van der Waals surface area contributed by atoms with Gasteiger partial charge in [-0.2, -0.15) is 5.10 Å². The lowest BCUT2D eigenvalue weighted by Gasteiger charge is -2.15. The quantitative estimate of drug-likeness (QED) is 0.822. The maximum Gasteiger partial charge on any atom is 0.218 e. The lowest BCUT2D eigenvalue weighted by Crippen LogP contribution is -2.06. The van der Waals surface area contributed by atoms with Crippen LogP contribution >= 0.6 is 11.6 Å². The summed E-state index contributed by atoms with van der Waals surface area (Å²) in [4.78, 5) is 4.01. The molecule has 0 radical (unpaired) electrons. The van der Waals surface area contributed by atoms with E-state index in [0.29, 0.717) is 35.6 Å². The molecule has 0 atom stereocenters. The van der Waals surface area contributed by atoms with Gasteiger partial charge in [0.2, 0.25) is 5.95 Å². The molecule has 6 nitrogen and oxygen atoms in total. The van der Waals surface area contributed by atoms with Crippen LogP contribution in [-0.4, -0.2) is 28.9 Å². The molecule has 0 amide bonds. The molecule has 7 heteroatoms. The third-order valence-corrected chi connectivity index (χ3v) is 2.85. The van der Waals surface area contributed by atoms with Crippen LogP contribution in [0.4, 0.5) is 5.95 Å². The van der Waals surface area contributed by atoms with E-state index in [-0.39, 0.29) is 0 Å². The largest absolute Gasteiger partial charge is 0.493 e. The number of hydrogen-bond donors (Lipinski definition) is 2. The minimum absolute atomic E-state index is 0.505. The molecule has 0 aliphatic carbocycles. The number of methoxy groups -OCH3 is 1. The van der Waals surface area contributed by atoms with E-state index >= 15 is 0 Å². The molecule has 0 saturated heterocycles. The number of ether oxygens (including phenoxy) is 2. The van der Waals surface area contributed by atoms with E-state index in [9.17, 15) is 0 Å². The molecule has 2 aromatic rings. The van der Waals surface area contributed by atoms with Gasteiger partial charge in [0.25, 0.3) is 0 Å². The summed E-state index contributed by atoms with van der Waals surface area (Å²) in [6, 6.07) is 3.59. The van der Waals surface area contributed by atoms with Gasteiger partial charge in [-0.25, -0.2) is 10.1 Å². The molecule has 0 saturated carbocycles. The number of aromatic amines is 1. The maximum atomic E-state index is 6.10. The number of rotatable bonds is 7. The lowest BCUT2D eigenvalue weighted by molar-refractivity contribution is 0.291. The molecular weight excluding hydrogens is 280 g/mol. The zero-order valence-corrected chi connectivity index (χ0v) is 12.2. The monoisotopic (exact) mass is 296 g/mol. The highest BCUT2D eigenvalue weighted by atomic mass is 35.5. The second-order valence-electron chi connectivity index (χ2n) is 4.13. The Hall–Kier alpha value is -1.95. The molecule has 0 unspecified atom stereocenters. The molecule has 1 heterocycles. The van der Waals surface area contributed by atoms with E-state index in [1.54, 1.807) is 13.2 Å². The normalized spacial score (nSPS) is 10.3. The zero-order chi connectivity index (χ0) is 14.4. The van der Waals surface area contributed by atoms with Crippen LogP contribution < -0.4 is 14.8 Å². The third kappa shape index (κ3) is 3.54. The standard InChI is InChI=1S/C13H17ClN4O2/c1-3-4-20-12-9(5-10(14)6-11(12)19-2)7-15-13-16-8-17-18-13/h5-6,8H,3-4,7H2,1-2H3,(H2,15,16,17,18). The molecule has 2 N–H and O–H groups in total. The van der Waals surface area contributed by atoms with Gasteiger partial charge in [0.15, 0.2) is 11.5 Å². The SMILES string of the molecule is CCCOc1c(CNc2ncn[nH]2)cc(Cl)cc1OC. The minimum Gasteiger partial charge on any atom is -0.493 e. The van der Waals surface area contributed by atoms with Gasteiger partial charge in [0.1, 0.15) is 6.33 Å². The van der Waals surface area contributed by atoms with Crippen molar-refractivity contribution in [3.8, 4) is 11.5 Å². The number of nitrogens with zero attached hydrogens (tertiary/aromatic N) is 2. The summed E-state index contributed by atoms with van der Waals surface area (Å²) >= 11 is 6.10. The number of hydrogen-bond acceptors (Lipinski definition) is 5. The van der Waals surface area contributed by atoms with E-state index in [1.807, 2.05) is 6.07 Å². The molecule has 0 fully saturated rings. The highest BCUT2D eigenvalue weighted by Gasteiger charge is 2.13. The van der Waals surface area contributed by atoms with Gasteiger partial charge in [0.05, 0.1) is 13.7 Å². The Morgan fingerprint density at radius 1 is 1.40 bits per heavy atom. The predicted molar refractivity (Wildman–Crippen MR) is 77.5 cm³/mol. The maximum absolute atomic E-state index is 6.10. The number of nitrogens with one attached hydrogen (secondary N) is 2. The van der Waals surface area contributed by atoms with Crippen molar-refractivity contribution < 1.29 is 9.47 Å². The summed E-state index contributed by atoms with van der Waals surface area (Å²) in [5.41, 5.74) is 0.902. The van der Waals surface area contributed by atoms with Crippen LogP contribution in [0.2, 0.25) is 5.02 Å². The van der Waals surface area contributed by atoms with Crippen LogP contribution in [-0.2, 0) is 6.54 Å². The Kier molecular flexibility index (Phi) is 5.06. The summed E-state index contributed by atoms with van der Waals surface area (Å²) in [5, 5.41) is 10.2. The van der Waals surface area contributed by atoms with Crippen molar-refractivity contribution in [2.75, 3.05) is 19.0 Å². The number of anilines is 1. The molecule has 108 valence electrons. The second-order valence-corrected chi connectivity index (χ2v) is 4.57. The molecule has 20 heavy (non-hydrogen) atoms. The van der Waals surface area contributed by atoms with Gasteiger partial charge in [-0.15, -0.1) is 0 Å². The first-order chi connectivity index (χ1) is 9.74. The number of halogens is 1. The average Bonchev–Trinajstić information content (AvgIpc) is 2.96. The Morgan fingerprint density at radius 3 is 2.90 bits per heavy atom. The Morgan fingerprint density at radius 2 is 2.25 bits per heavy atom. The molecule has 0 aliphatic rings. The van der Waals surface area contributed by atoms with Gasteiger partial charge in [-0.3, -0.25) is 0 Å². The van der Waals surface area contributed by atoms with Crippen LogP contribution in [0.1, 0.15) is 18.9 Å². The van der Waals surface area contributed by atoms with Gasteiger partial charge in [-0.1, -0.05) is 18.5 Å². The fourth-order valence-corrected chi connectivity index (χ4v) is 1.97. The molecule has 0 bridgehead atoms. The van der Waals surface area contributed by atoms with Gasteiger partial charge < -0.3 is 14.8 Å². The summed E-state index contributed by atoms with van der Waals surface area (Å²) in [5.74, 6) is 1.91. The second kappa shape index (κ2) is 7.00. The summed E-state index contributed by atoms with van der Waals surface area (Å²) in [7, 11) is 1.60. The topological polar surface area (TPSA) is 72.1 Å². The fourth-order valence-electron chi connectivity index (χ4n) is 1.74. The van der Waals surface area contributed by atoms with Crippen molar-refractivity contribution >= 4 is 17.5 Å². The Bertz CT molecular complexity index is 546. The van der Waals surface area contributed by atoms with Crippen LogP contribution in [0.25, 0.3) is 0 Å². The van der Waals surface area contributed by atoms with Crippen molar-refractivity contribution in [3.05, 3.63) is 29.0 Å². The number of aromatic nitrogens is 3. The molecule has 1 aromatic heterocycles. The molecular formula is C13H17ClN4O2. The van der Waals surface area contributed by atoms with E-state index in [1.165, 1.54) is 6.33 Å². The van der Waals surface area contributed by atoms with E-state index < -0.39 is 0 Å². The highest BCUT2D eigenvalue weighted by Crippen LogP contribution is 2.35. The highest BCUT2D eigenvalue weighted by molar-refractivity contribution is 6.30. The fraction of sp³-hybridized carbons (Fsp3) is 0.385. The van der Waals surface area contributed by atoms with Gasteiger partial charge in [-0.05, 0) is 12.5 Å². The Balaban J connectivity index is 2.21. The summed E-state index contributed by atoms with van der Waals surface area (Å²) < 4.78 is 11.1. The van der Waals surface area contributed by atoms with Crippen LogP contribution in [0.3, 0.4) is 0 Å². The van der Waals surface area contributed by atoms with Crippen molar-refractivity contribution in [2.24, 2.45) is 0 Å². The third-order valence-electron chi connectivity index (χ3n) is 2.63. The Labute approximate surface area is 122 Å². The van der Waals surface area contributed by atoms with Gasteiger partial charge >= 0.3 is 0 Å². The number of benzene rings is 1. The first-order valence-corrected chi connectivity index (χ1v) is 6.70. The first-order valence-electron chi connectivity index (χ1n) is 6.33. The minimum atomic E-state index is 0.505. The van der Waals surface area contributed by atoms with Gasteiger partial charge in [0, 0.05) is 23.2 Å². The van der Waals surface area contributed by atoms with E-state index in [0.717, 1.165) is 12.0 Å². The smallest absolute Gasteiger partial charge is 0.218 e. The first kappa shape index (κ1) is 14.5. The van der Waals surface area contributed by atoms with E-state index in [4.69, 9.17) is 21.1 Å². The molecule has 0 spiro atoms. The molecule has 2 rings (SSSR count). The number of H-pyrrole nitrogens is 1. The van der Waals surface area contributed by atoms with Crippen LogP contribution in [0.5, 0.6) is 11.5 Å². The van der Waals surface area contributed by atoms with E-state index in [2.05, 4.69) is 27.4 Å². The molecule has 0 aliphatic heterocycles. The predicted octanol–water partition coefficient (Wildman–Crippen LogP) is 2.87. The van der Waals surface area contributed by atoms with Crippen molar-refractivity contribution in [2.45, 2.75) is 19.9 Å². The zero-order valence-electron chi connectivity index (χ0n) is 11.4. The van der Waals surface area contributed by atoms with Crippen LogP contribution in [0.15, 0.2) is 18.5 Å². The van der Waals surface area contributed by atoms with Crippen LogP contribution in [0, 0.1) is 0 Å². The lowest BCUT2D eigenvalue weighted by atomic mass is 10.2. The van der Waals surface area contributed by atoms with Crippen molar-refractivity contribution in [1.82, 2.24) is 15.2 Å². The van der Waals surface area contributed by atoms with Crippen molar-refractivity contribution in [1.29, 1.82) is 0 Å². The van der Waals surface area contributed by atoms with Crippen molar-refractivity contribution in [3.63, 3.8) is 0 Å².